The van der Waals surface area contributed by atoms with Crippen molar-refractivity contribution in [3.05, 3.63) is 11.9 Å². The molecule has 26 heavy (non-hydrogen) atoms. The van der Waals surface area contributed by atoms with Gasteiger partial charge in [0.1, 0.15) is 0 Å². The lowest BCUT2D eigenvalue weighted by Crippen LogP contribution is -2.39. The van der Waals surface area contributed by atoms with Crippen LogP contribution in [-0.2, 0) is 20.0 Å². The van der Waals surface area contributed by atoms with Gasteiger partial charge in [-0.15, -0.1) is 0 Å². The van der Waals surface area contributed by atoms with E-state index in [1.165, 1.54) is 0 Å². The molecule has 0 amide bonds. The minimum Gasteiger partial charge on any atom is -0.198 e. The minimum atomic E-state index is -7.12. The van der Waals surface area contributed by atoms with E-state index in [1.54, 1.807) is 0 Å². The lowest BCUT2D eigenvalue weighted by atomic mass is 10.5. The summed E-state index contributed by atoms with van der Waals surface area (Å²) in [4.78, 5) is 3.78. The van der Waals surface area contributed by atoms with Crippen LogP contribution in [0, 0.1) is 11.9 Å². The fourth-order valence-electron chi connectivity index (χ4n) is 1.04. The van der Waals surface area contributed by atoms with E-state index in [1.807, 2.05) is 9.97 Å². The van der Waals surface area contributed by atoms with Gasteiger partial charge in [-0.1, -0.05) is 18.0 Å². The molecule has 0 aromatic carbocycles. The third kappa shape index (κ3) is 3.54. The van der Waals surface area contributed by atoms with Gasteiger partial charge in [0.05, 0.1) is 0 Å². The molecule has 0 fully saturated rings. The Kier molecular flexibility index (Phi) is 5.27. The molecular weight excluding hydrogens is 446 g/mol. The van der Waals surface area contributed by atoms with Crippen LogP contribution in [0.2, 0.25) is 0 Å². The first-order valence-corrected chi connectivity index (χ1v) is 8.01. The summed E-state index contributed by atoms with van der Waals surface area (Å²) in [6.45, 7) is 0. The van der Waals surface area contributed by atoms with Crippen LogP contribution in [-0.4, -0.2) is 37.8 Å². The Morgan fingerprint density at radius 1 is 0.692 bits per heavy atom. The number of nitrogens with zero attached hydrogens (tertiary/aromatic N) is 4. The number of aromatic nitrogens is 2. The zero-order valence-electron chi connectivity index (χ0n) is 11.0. The molecule has 0 bridgehead atoms. The van der Waals surface area contributed by atoms with Crippen LogP contribution in [0.15, 0.2) is 0 Å². The van der Waals surface area contributed by atoms with Crippen molar-refractivity contribution in [1.29, 1.82) is 0 Å². The topological polar surface area (TPSA) is 101 Å². The lowest BCUT2D eigenvalue weighted by Gasteiger charge is -2.18. The molecular formula is C6F10N4O4S2. The molecule has 0 aliphatic heterocycles. The molecule has 1 aromatic heterocycles. The van der Waals surface area contributed by atoms with Crippen molar-refractivity contribution < 1.29 is 60.9 Å². The van der Waals surface area contributed by atoms with Gasteiger partial charge in [0, 0.05) is 0 Å². The molecule has 0 N–H and O–H groups in total. The van der Waals surface area contributed by atoms with Gasteiger partial charge >= 0.3 is 37.1 Å². The maximum Gasteiger partial charge on any atom is 0.519 e. The van der Waals surface area contributed by atoms with Crippen molar-refractivity contribution in [3.63, 3.8) is 0 Å². The Hall–Kier alpha value is -2.12. The normalized spacial score (nSPS) is 13.6. The average Bonchev–Trinajstić information content (AvgIpc) is 2.45. The third-order valence-electron chi connectivity index (χ3n) is 2.13. The number of anilines is 2. The highest BCUT2D eigenvalue weighted by Crippen LogP contribution is 2.36. The van der Waals surface area contributed by atoms with E-state index < -0.39 is 63.6 Å². The molecule has 1 heterocycles. The summed E-state index contributed by atoms with van der Waals surface area (Å²) in [5.41, 5.74) is -12.9. The Balaban J connectivity index is 3.66. The van der Waals surface area contributed by atoms with Gasteiger partial charge in [-0.3, -0.25) is 0 Å². The van der Waals surface area contributed by atoms with Gasteiger partial charge in [-0.2, -0.15) is 61.9 Å². The van der Waals surface area contributed by atoms with Gasteiger partial charge in [0.2, 0.25) is 17.5 Å². The van der Waals surface area contributed by atoms with Crippen molar-refractivity contribution in [1.82, 2.24) is 9.97 Å². The molecule has 0 aliphatic carbocycles. The monoisotopic (exact) mass is 446 g/mol. The van der Waals surface area contributed by atoms with Gasteiger partial charge in [-0.05, 0) is 0 Å². The Bertz CT molecular complexity index is 839. The van der Waals surface area contributed by atoms with Gasteiger partial charge in [0.15, 0.2) is 0 Å². The molecule has 1 aromatic rings. The third-order valence-corrected chi connectivity index (χ3v) is 4.49. The summed E-state index contributed by atoms with van der Waals surface area (Å²) in [5, 5.41) is 0. The largest absolute Gasteiger partial charge is 0.519 e. The summed E-state index contributed by atoms with van der Waals surface area (Å²) in [6.07, 6.45) is -2.67. The van der Waals surface area contributed by atoms with E-state index in [4.69, 9.17) is 0 Å². The second-order valence-electron chi connectivity index (χ2n) is 3.79. The van der Waals surface area contributed by atoms with Crippen LogP contribution in [0.3, 0.4) is 0 Å². The molecule has 1 rings (SSSR count). The molecule has 0 unspecified atom stereocenters. The van der Waals surface area contributed by atoms with Crippen molar-refractivity contribution >= 4 is 31.7 Å². The predicted octanol–water partition coefficient (Wildman–Crippen LogP) is 1.84. The quantitative estimate of drug-likeness (QED) is 0.398. The predicted molar refractivity (Wildman–Crippen MR) is 59.1 cm³/mol. The first-order chi connectivity index (χ1) is 11.4. The molecule has 0 saturated heterocycles. The second-order valence-corrected chi connectivity index (χ2v) is 7.25. The van der Waals surface area contributed by atoms with Crippen molar-refractivity contribution in [3.8, 4) is 0 Å². The van der Waals surface area contributed by atoms with Crippen molar-refractivity contribution in [2.45, 2.75) is 11.0 Å². The van der Waals surface area contributed by atoms with E-state index in [9.17, 15) is 60.9 Å². The zero-order chi connectivity index (χ0) is 20.9. The van der Waals surface area contributed by atoms with E-state index in [2.05, 4.69) is 0 Å². The molecule has 20 heteroatoms. The van der Waals surface area contributed by atoms with Crippen molar-refractivity contribution in [2.75, 3.05) is 9.05 Å². The van der Waals surface area contributed by atoms with Crippen molar-refractivity contribution in [2.24, 2.45) is 0 Å². The lowest BCUT2D eigenvalue weighted by molar-refractivity contribution is -0.0455. The molecule has 0 atom stereocenters. The number of halogens is 10. The van der Waals surface area contributed by atoms with Gasteiger partial charge in [0.25, 0.3) is 0 Å². The first-order valence-electron chi connectivity index (χ1n) is 5.13. The summed E-state index contributed by atoms with van der Waals surface area (Å²) >= 11 is 0. The van der Waals surface area contributed by atoms with E-state index in [0.29, 0.717) is 0 Å². The number of sulfonamides is 2. The first kappa shape index (κ1) is 21.9. The smallest absolute Gasteiger partial charge is 0.198 e. The number of hydrogen-bond acceptors (Lipinski definition) is 6. The summed E-state index contributed by atoms with van der Waals surface area (Å²) in [6, 6.07) is 0. The van der Waals surface area contributed by atoms with Crippen LogP contribution >= 0.6 is 0 Å². The number of rotatable bonds is 4. The average molecular weight is 446 g/mol. The Morgan fingerprint density at radius 3 is 1.19 bits per heavy atom. The van der Waals surface area contributed by atoms with Crippen LogP contribution in [0.25, 0.3) is 0 Å². The van der Waals surface area contributed by atoms with Crippen LogP contribution in [0.1, 0.15) is 0 Å². The zero-order valence-corrected chi connectivity index (χ0v) is 12.7. The van der Waals surface area contributed by atoms with Gasteiger partial charge < -0.3 is 0 Å². The van der Waals surface area contributed by atoms with Crippen LogP contribution in [0.4, 0.5) is 55.7 Å². The SMILES string of the molecule is O=S(=O)(N(F)c1nc(F)nc(N(F)S(=O)(=O)C(F)(F)F)c1F)C(F)(F)F. The fraction of sp³-hybridized carbons (Fsp3) is 0.333. The molecule has 150 valence electrons. The maximum atomic E-state index is 13.7. The molecule has 0 radical (unpaired) electrons. The highest BCUT2D eigenvalue weighted by atomic mass is 32.2. The molecule has 0 aliphatic rings. The van der Waals surface area contributed by atoms with Gasteiger partial charge in [-0.25, -0.2) is 0 Å². The van der Waals surface area contributed by atoms with E-state index in [0.717, 1.165) is 0 Å². The highest BCUT2D eigenvalue weighted by Gasteiger charge is 2.55. The Labute approximate surface area is 135 Å². The van der Waals surface area contributed by atoms with E-state index in [-0.39, 0.29) is 0 Å². The van der Waals surface area contributed by atoms with Crippen LogP contribution < -0.4 is 9.05 Å². The second kappa shape index (κ2) is 6.25. The summed E-state index contributed by atoms with van der Waals surface area (Å²) < 4.78 is 164. The fourth-order valence-corrected chi connectivity index (χ4v) is 2.10. The minimum absolute atomic E-state index is 1.89. The Morgan fingerprint density at radius 2 is 0.962 bits per heavy atom. The number of alkyl halides is 6. The molecule has 0 saturated carbocycles. The summed E-state index contributed by atoms with van der Waals surface area (Å²) in [7, 11) is -14.2. The number of hydrogen-bond donors (Lipinski definition) is 0. The molecule has 0 spiro atoms. The van der Waals surface area contributed by atoms with E-state index >= 15 is 0 Å². The highest BCUT2D eigenvalue weighted by molar-refractivity contribution is 7.93. The summed E-state index contributed by atoms with van der Waals surface area (Å²) in [5.74, 6) is -8.85. The van der Waals surface area contributed by atoms with Crippen LogP contribution in [0.5, 0.6) is 0 Å². The standard InChI is InChI=1S/C6F10N4O4S2/c7-1-2(19(15)25(21,22)5(9,10)11)17-4(8)18-3(1)20(16)26(23,24)6(12,13)14. The maximum absolute atomic E-state index is 13.7. The molecule has 8 nitrogen and oxygen atoms in total.